The number of para-hydroxylation sites is 1. The molecule has 1 aliphatic rings. The fourth-order valence-corrected chi connectivity index (χ4v) is 3.14. The van der Waals surface area contributed by atoms with Gasteiger partial charge in [-0.2, -0.15) is 0 Å². The number of carbonyl (C=O) groups is 1. The summed E-state index contributed by atoms with van der Waals surface area (Å²) in [6.45, 7) is 2.14. The molecular weight excluding hydrogens is 328 g/mol. The molecular formula is C21H26N2O3. The fourth-order valence-electron chi connectivity index (χ4n) is 3.14. The molecule has 5 heteroatoms. The van der Waals surface area contributed by atoms with Crippen LogP contribution in [0.15, 0.2) is 48.5 Å². The highest BCUT2D eigenvalue weighted by Gasteiger charge is 2.18. The number of methoxy groups -OCH3 is 1. The number of likely N-dealkylation sites (tertiary alicyclic amines) is 1. The third kappa shape index (κ3) is 4.99. The van der Waals surface area contributed by atoms with E-state index < -0.39 is 0 Å². The summed E-state index contributed by atoms with van der Waals surface area (Å²) in [6, 6.07) is 15.1. The first-order valence-electron chi connectivity index (χ1n) is 9.01. The number of piperidine rings is 1. The predicted octanol–water partition coefficient (Wildman–Crippen LogP) is 3.35. The van der Waals surface area contributed by atoms with Gasteiger partial charge in [0.25, 0.3) is 0 Å². The third-order valence-electron chi connectivity index (χ3n) is 4.65. The summed E-state index contributed by atoms with van der Waals surface area (Å²) in [7, 11) is 3.75. The van der Waals surface area contributed by atoms with Gasteiger partial charge in [0.2, 0.25) is 5.91 Å². The van der Waals surface area contributed by atoms with Gasteiger partial charge in [-0.15, -0.1) is 0 Å². The molecule has 1 N–H and O–H groups in total. The van der Waals surface area contributed by atoms with Crippen molar-refractivity contribution >= 4 is 11.6 Å². The van der Waals surface area contributed by atoms with Crippen LogP contribution in [0.3, 0.4) is 0 Å². The molecule has 0 atom stereocenters. The SMILES string of the molecule is COc1ccccc1CC(=O)Nc1ccc(OC2CCN(C)CC2)cc1. The normalized spacial score (nSPS) is 15.5. The average molecular weight is 354 g/mol. The molecule has 2 aromatic rings. The van der Waals surface area contributed by atoms with Crippen LogP contribution in [0.4, 0.5) is 5.69 Å². The van der Waals surface area contributed by atoms with E-state index in [1.807, 2.05) is 48.5 Å². The first-order chi connectivity index (χ1) is 12.6. The fraction of sp³-hybridized carbons (Fsp3) is 0.381. The Balaban J connectivity index is 1.53. The Morgan fingerprint density at radius 2 is 1.81 bits per heavy atom. The average Bonchev–Trinajstić information content (AvgIpc) is 2.65. The maximum atomic E-state index is 12.3. The largest absolute Gasteiger partial charge is 0.496 e. The van der Waals surface area contributed by atoms with Crippen molar-refractivity contribution in [2.45, 2.75) is 25.4 Å². The summed E-state index contributed by atoms with van der Waals surface area (Å²) >= 11 is 0. The maximum absolute atomic E-state index is 12.3. The zero-order chi connectivity index (χ0) is 18.4. The van der Waals surface area contributed by atoms with E-state index in [2.05, 4.69) is 17.3 Å². The highest BCUT2D eigenvalue weighted by Crippen LogP contribution is 2.22. The van der Waals surface area contributed by atoms with Crippen LogP contribution in [-0.4, -0.2) is 44.2 Å². The molecule has 0 spiro atoms. The molecule has 0 aromatic heterocycles. The quantitative estimate of drug-likeness (QED) is 0.864. The number of ether oxygens (including phenoxy) is 2. The Morgan fingerprint density at radius 3 is 2.50 bits per heavy atom. The lowest BCUT2D eigenvalue weighted by Gasteiger charge is -2.29. The van der Waals surface area contributed by atoms with Crippen molar-refractivity contribution in [3.05, 3.63) is 54.1 Å². The number of benzene rings is 2. The molecule has 3 rings (SSSR count). The Kier molecular flexibility index (Phi) is 6.12. The van der Waals surface area contributed by atoms with Gasteiger partial charge < -0.3 is 19.7 Å². The van der Waals surface area contributed by atoms with Crippen molar-refractivity contribution in [2.24, 2.45) is 0 Å². The van der Waals surface area contributed by atoms with Gasteiger partial charge in [-0.1, -0.05) is 18.2 Å². The topological polar surface area (TPSA) is 50.8 Å². The number of nitrogens with one attached hydrogen (secondary N) is 1. The molecule has 26 heavy (non-hydrogen) atoms. The van der Waals surface area contributed by atoms with E-state index in [4.69, 9.17) is 9.47 Å². The monoisotopic (exact) mass is 354 g/mol. The van der Waals surface area contributed by atoms with E-state index in [-0.39, 0.29) is 18.4 Å². The number of hydrogen-bond donors (Lipinski definition) is 1. The van der Waals surface area contributed by atoms with Crippen LogP contribution >= 0.6 is 0 Å². The molecule has 5 nitrogen and oxygen atoms in total. The van der Waals surface area contributed by atoms with Gasteiger partial charge in [0.05, 0.1) is 13.5 Å². The zero-order valence-electron chi connectivity index (χ0n) is 15.4. The minimum absolute atomic E-state index is 0.0708. The molecule has 1 saturated heterocycles. The lowest BCUT2D eigenvalue weighted by molar-refractivity contribution is -0.115. The molecule has 2 aromatic carbocycles. The van der Waals surface area contributed by atoms with Crippen LogP contribution in [0.1, 0.15) is 18.4 Å². The van der Waals surface area contributed by atoms with Gasteiger partial charge in [-0.3, -0.25) is 4.79 Å². The van der Waals surface area contributed by atoms with E-state index in [1.54, 1.807) is 7.11 Å². The van der Waals surface area contributed by atoms with Gasteiger partial charge in [-0.25, -0.2) is 0 Å². The lowest BCUT2D eigenvalue weighted by Crippen LogP contribution is -2.35. The first-order valence-corrected chi connectivity index (χ1v) is 9.01. The Hall–Kier alpha value is -2.53. The second-order valence-corrected chi connectivity index (χ2v) is 6.68. The first kappa shape index (κ1) is 18.3. The highest BCUT2D eigenvalue weighted by atomic mass is 16.5. The molecule has 0 saturated carbocycles. The number of amides is 1. The molecule has 138 valence electrons. The summed E-state index contributed by atoms with van der Waals surface area (Å²) in [6.07, 6.45) is 2.65. The minimum atomic E-state index is -0.0708. The molecule has 0 unspecified atom stereocenters. The van der Waals surface area contributed by atoms with E-state index in [0.29, 0.717) is 0 Å². The summed E-state index contributed by atoms with van der Waals surface area (Å²) in [5.74, 6) is 1.50. The smallest absolute Gasteiger partial charge is 0.228 e. The number of nitrogens with zero attached hydrogens (tertiary/aromatic N) is 1. The van der Waals surface area contributed by atoms with Crippen LogP contribution in [-0.2, 0) is 11.2 Å². The lowest BCUT2D eigenvalue weighted by atomic mass is 10.1. The summed E-state index contributed by atoms with van der Waals surface area (Å²) in [4.78, 5) is 14.6. The molecule has 0 bridgehead atoms. The van der Waals surface area contributed by atoms with Crippen molar-refractivity contribution < 1.29 is 14.3 Å². The van der Waals surface area contributed by atoms with Crippen molar-refractivity contribution in [3.63, 3.8) is 0 Å². The Bertz CT molecular complexity index is 722. The summed E-state index contributed by atoms with van der Waals surface area (Å²) in [5.41, 5.74) is 1.63. The standard InChI is InChI=1S/C21H26N2O3/c1-23-13-11-19(12-14-23)26-18-9-7-17(8-10-18)22-21(24)15-16-5-3-4-6-20(16)25-2/h3-10,19H,11-15H2,1-2H3,(H,22,24). The Morgan fingerprint density at radius 1 is 1.12 bits per heavy atom. The van der Waals surface area contributed by atoms with Gasteiger partial charge in [0.15, 0.2) is 0 Å². The molecule has 0 aliphatic carbocycles. The number of rotatable bonds is 6. The summed E-state index contributed by atoms with van der Waals surface area (Å²) < 4.78 is 11.3. The van der Waals surface area contributed by atoms with Crippen LogP contribution in [0.2, 0.25) is 0 Å². The minimum Gasteiger partial charge on any atom is -0.496 e. The molecule has 1 fully saturated rings. The van der Waals surface area contributed by atoms with Gasteiger partial charge in [0, 0.05) is 24.3 Å². The van der Waals surface area contributed by atoms with Crippen LogP contribution < -0.4 is 14.8 Å². The highest BCUT2D eigenvalue weighted by molar-refractivity contribution is 5.92. The second kappa shape index (κ2) is 8.72. The van der Waals surface area contributed by atoms with E-state index in [1.165, 1.54) is 0 Å². The van der Waals surface area contributed by atoms with Gasteiger partial charge in [0.1, 0.15) is 17.6 Å². The van der Waals surface area contributed by atoms with Crippen molar-refractivity contribution in [2.75, 3.05) is 32.6 Å². The van der Waals surface area contributed by atoms with Gasteiger partial charge in [-0.05, 0) is 50.2 Å². The number of carbonyl (C=O) groups excluding carboxylic acids is 1. The summed E-state index contributed by atoms with van der Waals surface area (Å²) in [5, 5.41) is 2.92. The second-order valence-electron chi connectivity index (χ2n) is 6.68. The van der Waals surface area contributed by atoms with E-state index in [9.17, 15) is 4.79 Å². The van der Waals surface area contributed by atoms with Crippen LogP contribution in [0, 0.1) is 0 Å². The van der Waals surface area contributed by atoms with Crippen LogP contribution in [0.5, 0.6) is 11.5 Å². The third-order valence-corrected chi connectivity index (χ3v) is 4.65. The van der Waals surface area contributed by atoms with Gasteiger partial charge >= 0.3 is 0 Å². The molecule has 1 aliphatic heterocycles. The Labute approximate surface area is 154 Å². The van der Waals surface area contributed by atoms with E-state index >= 15 is 0 Å². The van der Waals surface area contributed by atoms with Crippen molar-refractivity contribution in [1.29, 1.82) is 0 Å². The van der Waals surface area contributed by atoms with E-state index in [0.717, 1.165) is 48.7 Å². The number of anilines is 1. The molecule has 1 amide bonds. The number of hydrogen-bond acceptors (Lipinski definition) is 4. The predicted molar refractivity (Wildman–Crippen MR) is 103 cm³/mol. The zero-order valence-corrected chi connectivity index (χ0v) is 15.4. The van der Waals surface area contributed by atoms with Crippen LogP contribution in [0.25, 0.3) is 0 Å². The van der Waals surface area contributed by atoms with Crippen molar-refractivity contribution in [3.8, 4) is 11.5 Å². The molecule has 1 heterocycles. The maximum Gasteiger partial charge on any atom is 0.228 e. The molecule has 0 radical (unpaired) electrons. The van der Waals surface area contributed by atoms with Crippen molar-refractivity contribution in [1.82, 2.24) is 4.90 Å².